The number of amides is 1. The third-order valence-corrected chi connectivity index (χ3v) is 3.74. The molecule has 1 atom stereocenters. The van der Waals surface area contributed by atoms with E-state index in [-0.39, 0.29) is 18.7 Å². The lowest BCUT2D eigenvalue weighted by Gasteiger charge is -2.17. The quantitative estimate of drug-likeness (QED) is 0.333. The Morgan fingerprint density at radius 3 is 2.48 bits per heavy atom. The molecule has 1 amide bonds. The standard InChI is InChI=1S/C20H20N2O5/c1-2-27-20(24)14-17(15-8-4-3-5-9-15)21-19(23)13-12-16-10-6-7-11-18(16)22(25)26/h3-13,17H,2,14H2,1H3,(H,21,23)/b13-12+. The Morgan fingerprint density at radius 2 is 1.81 bits per heavy atom. The number of nitro groups is 1. The van der Waals surface area contributed by atoms with Crippen LogP contribution in [0, 0.1) is 10.1 Å². The molecule has 0 saturated heterocycles. The van der Waals surface area contributed by atoms with Gasteiger partial charge in [0.05, 0.1) is 29.6 Å². The van der Waals surface area contributed by atoms with Crippen LogP contribution >= 0.6 is 0 Å². The van der Waals surface area contributed by atoms with E-state index in [0.29, 0.717) is 5.56 Å². The highest BCUT2D eigenvalue weighted by molar-refractivity contribution is 5.92. The molecule has 2 rings (SSSR count). The van der Waals surface area contributed by atoms with E-state index < -0.39 is 22.8 Å². The van der Waals surface area contributed by atoms with Crippen molar-refractivity contribution in [3.63, 3.8) is 0 Å². The lowest BCUT2D eigenvalue weighted by Crippen LogP contribution is -2.29. The summed E-state index contributed by atoms with van der Waals surface area (Å²) in [5.41, 5.74) is 0.991. The van der Waals surface area contributed by atoms with Crippen molar-refractivity contribution < 1.29 is 19.2 Å². The second kappa shape index (κ2) is 9.86. The molecule has 0 fully saturated rings. The number of hydrogen-bond donors (Lipinski definition) is 1. The first-order valence-electron chi connectivity index (χ1n) is 8.43. The van der Waals surface area contributed by atoms with E-state index >= 15 is 0 Å². The van der Waals surface area contributed by atoms with Crippen molar-refractivity contribution in [2.45, 2.75) is 19.4 Å². The van der Waals surface area contributed by atoms with E-state index in [2.05, 4.69) is 5.32 Å². The first-order valence-corrected chi connectivity index (χ1v) is 8.43. The number of nitrogens with zero attached hydrogens (tertiary/aromatic N) is 1. The second-order valence-corrected chi connectivity index (χ2v) is 5.63. The van der Waals surface area contributed by atoms with Crippen molar-refractivity contribution in [2.24, 2.45) is 0 Å². The molecule has 0 radical (unpaired) electrons. The SMILES string of the molecule is CCOC(=O)CC(NC(=O)/C=C/c1ccccc1[N+](=O)[O-])c1ccccc1. The maximum Gasteiger partial charge on any atom is 0.308 e. The number of nitrogens with one attached hydrogen (secondary N) is 1. The maximum absolute atomic E-state index is 12.3. The Bertz CT molecular complexity index is 833. The molecule has 0 spiro atoms. The molecular formula is C20H20N2O5. The second-order valence-electron chi connectivity index (χ2n) is 5.63. The van der Waals surface area contributed by atoms with Gasteiger partial charge in [-0.3, -0.25) is 19.7 Å². The molecule has 0 heterocycles. The highest BCUT2D eigenvalue weighted by Crippen LogP contribution is 2.20. The van der Waals surface area contributed by atoms with Crippen LogP contribution in [0.5, 0.6) is 0 Å². The van der Waals surface area contributed by atoms with Crippen molar-refractivity contribution in [3.05, 3.63) is 81.9 Å². The number of benzene rings is 2. The lowest BCUT2D eigenvalue weighted by atomic mass is 10.0. The Kier molecular flexibility index (Phi) is 7.25. The third-order valence-electron chi connectivity index (χ3n) is 3.74. The molecule has 2 aromatic rings. The first kappa shape index (κ1) is 19.8. The molecule has 7 nitrogen and oxygen atoms in total. The Labute approximate surface area is 156 Å². The maximum atomic E-state index is 12.3. The van der Waals surface area contributed by atoms with Crippen LogP contribution in [0.3, 0.4) is 0 Å². The highest BCUT2D eigenvalue weighted by Gasteiger charge is 2.18. The zero-order valence-corrected chi connectivity index (χ0v) is 14.8. The highest BCUT2D eigenvalue weighted by atomic mass is 16.6. The number of hydrogen-bond acceptors (Lipinski definition) is 5. The first-order chi connectivity index (χ1) is 13.0. The van der Waals surface area contributed by atoms with E-state index in [9.17, 15) is 19.7 Å². The Morgan fingerprint density at radius 1 is 1.15 bits per heavy atom. The van der Waals surface area contributed by atoms with Crippen LogP contribution in [0.1, 0.15) is 30.5 Å². The predicted octanol–water partition coefficient (Wildman–Crippen LogP) is 3.42. The summed E-state index contributed by atoms with van der Waals surface area (Å²) < 4.78 is 4.96. The van der Waals surface area contributed by atoms with E-state index in [1.54, 1.807) is 37.3 Å². The fourth-order valence-corrected chi connectivity index (χ4v) is 2.50. The van der Waals surface area contributed by atoms with Gasteiger partial charge in [-0.15, -0.1) is 0 Å². The van der Waals surface area contributed by atoms with Crippen LogP contribution in [0.15, 0.2) is 60.7 Å². The molecule has 1 N–H and O–H groups in total. The zero-order valence-electron chi connectivity index (χ0n) is 14.8. The van der Waals surface area contributed by atoms with E-state index in [0.717, 1.165) is 5.56 Å². The van der Waals surface area contributed by atoms with Crippen LogP contribution in [0.4, 0.5) is 5.69 Å². The minimum absolute atomic E-state index is 0.0110. The van der Waals surface area contributed by atoms with Gasteiger partial charge in [0.15, 0.2) is 0 Å². The van der Waals surface area contributed by atoms with Crippen molar-refractivity contribution in [2.75, 3.05) is 6.61 Å². The average molecular weight is 368 g/mol. The van der Waals surface area contributed by atoms with E-state index in [4.69, 9.17) is 4.74 Å². The van der Waals surface area contributed by atoms with Crippen LogP contribution in [0.2, 0.25) is 0 Å². The predicted molar refractivity (Wildman–Crippen MR) is 101 cm³/mol. The molecular weight excluding hydrogens is 348 g/mol. The van der Waals surface area contributed by atoms with E-state index in [1.807, 2.05) is 18.2 Å². The molecule has 0 bridgehead atoms. The van der Waals surface area contributed by atoms with Crippen molar-refractivity contribution >= 4 is 23.6 Å². The van der Waals surface area contributed by atoms with Crippen LogP contribution in [0.25, 0.3) is 6.08 Å². The summed E-state index contributed by atoms with van der Waals surface area (Å²) in [6.45, 7) is 1.97. The summed E-state index contributed by atoms with van der Waals surface area (Å²) in [6.07, 6.45) is 2.58. The Balaban J connectivity index is 2.14. The molecule has 0 aliphatic rings. The molecule has 0 aromatic heterocycles. The number of ether oxygens (including phenoxy) is 1. The van der Waals surface area contributed by atoms with Gasteiger partial charge in [-0.2, -0.15) is 0 Å². The number of para-hydroxylation sites is 1. The smallest absolute Gasteiger partial charge is 0.308 e. The van der Waals surface area contributed by atoms with Crippen LogP contribution < -0.4 is 5.32 Å². The van der Waals surface area contributed by atoms with Gasteiger partial charge in [0.1, 0.15) is 0 Å². The number of esters is 1. The number of nitro benzene ring substituents is 1. The van der Waals surface area contributed by atoms with Crippen LogP contribution in [-0.2, 0) is 14.3 Å². The summed E-state index contributed by atoms with van der Waals surface area (Å²) in [4.78, 5) is 34.7. The molecule has 7 heteroatoms. The minimum Gasteiger partial charge on any atom is -0.466 e. The zero-order chi connectivity index (χ0) is 19.6. The fraction of sp³-hybridized carbons (Fsp3) is 0.200. The van der Waals surface area contributed by atoms with Gasteiger partial charge in [0.2, 0.25) is 5.91 Å². The van der Waals surface area contributed by atoms with Crippen molar-refractivity contribution in [1.29, 1.82) is 0 Å². The summed E-state index contributed by atoms with van der Waals surface area (Å²) in [6, 6.07) is 14.6. The summed E-state index contributed by atoms with van der Waals surface area (Å²) in [7, 11) is 0. The van der Waals surface area contributed by atoms with Gasteiger partial charge in [-0.05, 0) is 24.6 Å². The monoisotopic (exact) mass is 368 g/mol. The lowest BCUT2D eigenvalue weighted by molar-refractivity contribution is -0.385. The normalized spacial score (nSPS) is 11.7. The number of carbonyl (C=O) groups excluding carboxylic acids is 2. The molecule has 140 valence electrons. The van der Waals surface area contributed by atoms with Gasteiger partial charge < -0.3 is 10.1 Å². The molecule has 1 unspecified atom stereocenters. The topological polar surface area (TPSA) is 98.5 Å². The summed E-state index contributed by atoms with van der Waals surface area (Å²) in [5.74, 6) is -0.888. The fourth-order valence-electron chi connectivity index (χ4n) is 2.50. The summed E-state index contributed by atoms with van der Waals surface area (Å²) in [5, 5.41) is 13.8. The number of carbonyl (C=O) groups is 2. The Hall–Kier alpha value is -3.48. The molecule has 0 aliphatic heterocycles. The van der Waals surface area contributed by atoms with Gasteiger partial charge in [0.25, 0.3) is 5.69 Å². The van der Waals surface area contributed by atoms with Gasteiger partial charge >= 0.3 is 5.97 Å². The van der Waals surface area contributed by atoms with Crippen LogP contribution in [-0.4, -0.2) is 23.4 Å². The molecule has 0 aliphatic carbocycles. The average Bonchev–Trinajstić information content (AvgIpc) is 2.67. The largest absolute Gasteiger partial charge is 0.466 e. The minimum atomic E-state index is -0.562. The number of rotatable bonds is 8. The van der Waals surface area contributed by atoms with Crippen molar-refractivity contribution in [1.82, 2.24) is 5.32 Å². The summed E-state index contributed by atoms with van der Waals surface area (Å²) >= 11 is 0. The van der Waals surface area contributed by atoms with Crippen molar-refractivity contribution in [3.8, 4) is 0 Å². The van der Waals surface area contributed by atoms with E-state index in [1.165, 1.54) is 18.2 Å². The third kappa shape index (κ3) is 6.07. The van der Waals surface area contributed by atoms with Gasteiger partial charge in [0, 0.05) is 12.1 Å². The molecule has 27 heavy (non-hydrogen) atoms. The van der Waals surface area contributed by atoms with Gasteiger partial charge in [-0.1, -0.05) is 42.5 Å². The van der Waals surface area contributed by atoms with Gasteiger partial charge in [-0.25, -0.2) is 0 Å². The molecule has 2 aromatic carbocycles. The molecule has 0 saturated carbocycles.